The maximum atomic E-state index is 9.52. The van der Waals surface area contributed by atoms with Gasteiger partial charge in [-0.05, 0) is 43.0 Å². The number of hydrogen-bond acceptors (Lipinski definition) is 2. The molecule has 3 atom stereocenters. The number of fused-ring (bicyclic) bond motifs is 2. The van der Waals surface area contributed by atoms with Crippen molar-refractivity contribution < 1.29 is 5.11 Å². The van der Waals surface area contributed by atoms with Crippen LogP contribution in [0.15, 0.2) is 24.4 Å². The molecule has 1 aliphatic carbocycles. The molecule has 0 radical (unpaired) electrons. The highest BCUT2D eigenvalue weighted by molar-refractivity contribution is 5.88. The van der Waals surface area contributed by atoms with Crippen molar-refractivity contribution in [2.75, 3.05) is 20.2 Å². The molecule has 0 spiro atoms. The molecule has 1 fully saturated rings. The lowest BCUT2D eigenvalue weighted by molar-refractivity contribution is 0.0772. The van der Waals surface area contributed by atoms with Gasteiger partial charge < -0.3 is 15.0 Å². The molecule has 1 saturated heterocycles. The Hall–Kier alpha value is -1.32. The zero-order valence-corrected chi connectivity index (χ0v) is 11.3. The molecule has 1 aromatic carbocycles. The third-order valence-corrected chi connectivity index (χ3v) is 5.07. The summed E-state index contributed by atoms with van der Waals surface area (Å²) >= 11 is 0. The van der Waals surface area contributed by atoms with Gasteiger partial charge in [0.2, 0.25) is 0 Å². The lowest BCUT2D eigenvalue weighted by Gasteiger charge is -2.45. The van der Waals surface area contributed by atoms with Crippen LogP contribution in [0, 0.1) is 5.92 Å². The monoisotopic (exact) mass is 256 g/mol. The second-order valence-corrected chi connectivity index (χ2v) is 6.19. The summed E-state index contributed by atoms with van der Waals surface area (Å²) < 4.78 is 0. The molecule has 3 nitrogen and oxygen atoms in total. The number of aliphatic hydroxyl groups excluding tert-OH is 1. The summed E-state index contributed by atoms with van der Waals surface area (Å²) in [5, 5.41) is 11.0. The number of piperidine rings is 1. The minimum atomic E-state index is 0.309. The van der Waals surface area contributed by atoms with Crippen LogP contribution in [0.2, 0.25) is 0 Å². The lowest BCUT2D eigenvalue weighted by Crippen LogP contribution is -2.48. The smallest absolute Gasteiger partial charge is 0.0471 e. The molecular formula is C16H20N2O. The molecule has 2 N–H and O–H groups in total. The topological polar surface area (TPSA) is 39.3 Å². The van der Waals surface area contributed by atoms with Gasteiger partial charge in [-0.25, -0.2) is 0 Å². The van der Waals surface area contributed by atoms with Crippen molar-refractivity contribution in [2.24, 2.45) is 5.92 Å². The van der Waals surface area contributed by atoms with Crippen LogP contribution in [-0.2, 0) is 6.42 Å². The molecule has 1 aromatic heterocycles. The van der Waals surface area contributed by atoms with Crippen molar-refractivity contribution in [3.8, 4) is 0 Å². The normalized spacial score (nSPS) is 30.5. The van der Waals surface area contributed by atoms with Gasteiger partial charge in [-0.2, -0.15) is 0 Å². The van der Waals surface area contributed by atoms with Crippen LogP contribution in [0.5, 0.6) is 0 Å². The number of aromatic amines is 1. The Morgan fingerprint density at radius 3 is 3.16 bits per heavy atom. The molecule has 0 saturated carbocycles. The van der Waals surface area contributed by atoms with Gasteiger partial charge in [0.25, 0.3) is 0 Å². The molecule has 19 heavy (non-hydrogen) atoms. The Kier molecular flexibility index (Phi) is 2.47. The number of nitrogens with zero attached hydrogens (tertiary/aromatic N) is 1. The van der Waals surface area contributed by atoms with Crippen molar-refractivity contribution in [1.29, 1.82) is 0 Å². The van der Waals surface area contributed by atoms with Crippen molar-refractivity contribution in [1.82, 2.24) is 9.88 Å². The third kappa shape index (κ3) is 1.58. The predicted molar refractivity (Wildman–Crippen MR) is 76.4 cm³/mol. The summed E-state index contributed by atoms with van der Waals surface area (Å²) in [7, 11) is 2.21. The summed E-state index contributed by atoms with van der Waals surface area (Å²) in [5.74, 6) is 0.991. The van der Waals surface area contributed by atoms with E-state index in [1.807, 2.05) is 0 Å². The van der Waals surface area contributed by atoms with Crippen molar-refractivity contribution in [3.63, 3.8) is 0 Å². The van der Waals surface area contributed by atoms with E-state index in [0.29, 0.717) is 24.5 Å². The molecule has 4 rings (SSSR count). The highest BCUT2D eigenvalue weighted by Crippen LogP contribution is 2.44. The Morgan fingerprint density at radius 1 is 1.42 bits per heavy atom. The van der Waals surface area contributed by atoms with Gasteiger partial charge in [-0.15, -0.1) is 0 Å². The number of rotatable bonds is 1. The van der Waals surface area contributed by atoms with Crippen molar-refractivity contribution in [2.45, 2.75) is 24.8 Å². The standard InChI is InChI=1S/C16H20N2O/c1-18-8-10(9-19)5-13-12-3-2-4-14-16(12)11(7-17-14)6-15(13)18/h2-4,7,10,13,15,17,19H,5-6,8-9H2,1H3/t10-,13-,15-/m0/s1. The Bertz CT molecular complexity index is 618. The lowest BCUT2D eigenvalue weighted by atomic mass is 9.72. The van der Waals surface area contributed by atoms with E-state index in [2.05, 4.69) is 41.3 Å². The van der Waals surface area contributed by atoms with Gasteiger partial charge in [-0.3, -0.25) is 0 Å². The van der Waals surface area contributed by atoms with Crippen LogP contribution in [0.3, 0.4) is 0 Å². The van der Waals surface area contributed by atoms with Crippen LogP contribution >= 0.6 is 0 Å². The van der Waals surface area contributed by atoms with E-state index in [4.69, 9.17) is 0 Å². The van der Waals surface area contributed by atoms with Crippen LogP contribution in [0.25, 0.3) is 10.9 Å². The SMILES string of the molecule is CN1C[C@@H](CO)C[C@H]2c3cccc4[nH]cc(c34)C[C@@H]21. The van der Waals surface area contributed by atoms with Crippen LogP contribution < -0.4 is 0 Å². The number of H-pyrrole nitrogens is 1. The van der Waals surface area contributed by atoms with Crippen LogP contribution in [0.1, 0.15) is 23.5 Å². The number of benzene rings is 1. The number of aromatic nitrogens is 1. The Labute approximate surface area is 113 Å². The zero-order valence-electron chi connectivity index (χ0n) is 11.3. The summed E-state index contributed by atoms with van der Waals surface area (Å²) in [4.78, 5) is 5.85. The maximum absolute atomic E-state index is 9.52. The molecule has 2 aromatic rings. The fourth-order valence-electron chi connectivity index (χ4n) is 4.19. The van der Waals surface area contributed by atoms with E-state index in [9.17, 15) is 5.11 Å². The quantitative estimate of drug-likeness (QED) is 0.820. The number of nitrogens with one attached hydrogen (secondary N) is 1. The summed E-state index contributed by atoms with van der Waals surface area (Å²) in [6, 6.07) is 7.20. The fraction of sp³-hybridized carbons (Fsp3) is 0.500. The molecular weight excluding hydrogens is 236 g/mol. The first-order chi connectivity index (χ1) is 9.28. The van der Waals surface area contributed by atoms with Crippen molar-refractivity contribution in [3.05, 3.63) is 35.5 Å². The van der Waals surface area contributed by atoms with E-state index in [1.54, 1.807) is 0 Å². The number of hydrogen-bond donors (Lipinski definition) is 2. The van der Waals surface area contributed by atoms with Gasteiger partial charge >= 0.3 is 0 Å². The predicted octanol–water partition coefficient (Wildman–Crippen LogP) is 2.12. The number of likely N-dealkylation sites (tertiary alicyclic amines) is 1. The van der Waals surface area contributed by atoms with Gasteiger partial charge in [0.05, 0.1) is 0 Å². The zero-order chi connectivity index (χ0) is 13.0. The summed E-state index contributed by atoms with van der Waals surface area (Å²) in [5.41, 5.74) is 4.20. The molecule has 100 valence electrons. The number of aliphatic hydroxyl groups is 1. The Morgan fingerprint density at radius 2 is 2.32 bits per heavy atom. The van der Waals surface area contributed by atoms with E-state index < -0.39 is 0 Å². The molecule has 1 aliphatic heterocycles. The van der Waals surface area contributed by atoms with E-state index in [0.717, 1.165) is 19.4 Å². The average molecular weight is 256 g/mol. The first-order valence-corrected chi connectivity index (χ1v) is 7.18. The van der Waals surface area contributed by atoms with Gasteiger partial charge in [-0.1, -0.05) is 12.1 Å². The second-order valence-electron chi connectivity index (χ2n) is 6.19. The maximum Gasteiger partial charge on any atom is 0.0471 e. The number of likely N-dealkylation sites (N-methyl/N-ethyl adjacent to an activating group) is 1. The highest BCUT2D eigenvalue weighted by Gasteiger charge is 2.38. The van der Waals surface area contributed by atoms with Gasteiger partial charge in [0.1, 0.15) is 0 Å². The molecule has 0 amide bonds. The van der Waals surface area contributed by atoms with Crippen LogP contribution in [-0.4, -0.2) is 41.2 Å². The summed E-state index contributed by atoms with van der Waals surface area (Å²) in [6.45, 7) is 1.33. The van der Waals surface area contributed by atoms with Gasteiger partial charge in [0.15, 0.2) is 0 Å². The van der Waals surface area contributed by atoms with E-state index in [-0.39, 0.29) is 0 Å². The minimum Gasteiger partial charge on any atom is -0.396 e. The van der Waals surface area contributed by atoms with E-state index >= 15 is 0 Å². The molecule has 2 aliphatic rings. The molecule has 2 heterocycles. The first-order valence-electron chi connectivity index (χ1n) is 7.18. The highest BCUT2D eigenvalue weighted by atomic mass is 16.3. The van der Waals surface area contributed by atoms with E-state index in [1.165, 1.54) is 22.0 Å². The molecule has 0 unspecified atom stereocenters. The average Bonchev–Trinajstić information content (AvgIpc) is 2.85. The molecule has 0 bridgehead atoms. The Balaban J connectivity index is 1.86. The van der Waals surface area contributed by atoms with Crippen LogP contribution in [0.4, 0.5) is 0 Å². The van der Waals surface area contributed by atoms with Crippen molar-refractivity contribution >= 4 is 10.9 Å². The fourth-order valence-corrected chi connectivity index (χ4v) is 4.19. The largest absolute Gasteiger partial charge is 0.396 e. The first kappa shape index (κ1) is 11.5. The summed E-state index contributed by atoms with van der Waals surface area (Å²) in [6.07, 6.45) is 4.43. The van der Waals surface area contributed by atoms with Gasteiger partial charge in [0, 0.05) is 42.2 Å². The minimum absolute atomic E-state index is 0.309. The molecule has 3 heteroatoms. The second kappa shape index (κ2) is 4.09. The third-order valence-electron chi connectivity index (χ3n) is 5.07.